The smallest absolute Gasteiger partial charge is 0.254 e. The zero-order chi connectivity index (χ0) is 18.7. The van der Waals surface area contributed by atoms with Gasteiger partial charge in [-0.3, -0.25) is 4.79 Å². The van der Waals surface area contributed by atoms with Crippen molar-refractivity contribution in [3.63, 3.8) is 0 Å². The lowest BCUT2D eigenvalue weighted by Gasteiger charge is -2.34. The highest BCUT2D eigenvalue weighted by atomic mass is 32.2. The summed E-state index contributed by atoms with van der Waals surface area (Å²) in [5.41, 5.74) is 0.624. The average Bonchev–Trinajstić information content (AvgIpc) is 3.01. The van der Waals surface area contributed by atoms with Crippen molar-refractivity contribution in [1.29, 1.82) is 0 Å². The molecule has 1 aromatic heterocycles. The molecule has 0 N–H and O–H groups in total. The van der Waals surface area contributed by atoms with Gasteiger partial charge in [-0.05, 0) is 32.0 Å². The van der Waals surface area contributed by atoms with E-state index >= 15 is 0 Å². The highest BCUT2D eigenvalue weighted by Gasteiger charge is 2.32. The van der Waals surface area contributed by atoms with Gasteiger partial charge in [0.1, 0.15) is 5.82 Å². The molecule has 26 heavy (non-hydrogen) atoms. The third kappa shape index (κ3) is 4.17. The lowest BCUT2D eigenvalue weighted by molar-refractivity contribution is 0.0643. The van der Waals surface area contributed by atoms with Gasteiger partial charge in [0, 0.05) is 50.5 Å². The number of amides is 1. The molecule has 2 aliphatic rings. The predicted octanol–water partition coefficient (Wildman–Crippen LogP) is 0.873. The molecule has 0 spiro atoms. The summed E-state index contributed by atoms with van der Waals surface area (Å²) in [4.78, 5) is 23.5. The minimum Gasteiger partial charge on any atom is -0.353 e. The maximum Gasteiger partial charge on any atom is 0.254 e. The summed E-state index contributed by atoms with van der Waals surface area (Å²) in [6.45, 7) is 9.09. The van der Waals surface area contributed by atoms with Crippen LogP contribution in [0.3, 0.4) is 0 Å². The van der Waals surface area contributed by atoms with E-state index in [-0.39, 0.29) is 23.5 Å². The first-order valence-electron chi connectivity index (χ1n) is 9.38. The first kappa shape index (κ1) is 19.1. The van der Waals surface area contributed by atoms with Crippen LogP contribution in [-0.2, 0) is 9.84 Å². The number of pyridine rings is 1. The average molecular weight is 381 g/mol. The largest absolute Gasteiger partial charge is 0.353 e. The molecule has 0 radical (unpaired) electrons. The van der Waals surface area contributed by atoms with Crippen LogP contribution in [0.5, 0.6) is 0 Å². The highest BCUT2D eigenvalue weighted by molar-refractivity contribution is 7.91. The summed E-state index contributed by atoms with van der Waals surface area (Å²) in [5, 5.41) is 0. The zero-order valence-electron chi connectivity index (χ0n) is 15.6. The van der Waals surface area contributed by atoms with E-state index in [9.17, 15) is 13.2 Å². The zero-order valence-corrected chi connectivity index (χ0v) is 16.4. The van der Waals surface area contributed by atoms with Crippen LogP contribution in [0.1, 0.15) is 30.6 Å². The number of rotatable bonds is 5. The Morgan fingerprint density at radius 1 is 1.27 bits per heavy atom. The van der Waals surface area contributed by atoms with Gasteiger partial charge in [0.2, 0.25) is 0 Å². The number of carbonyl (C=O) groups excluding carboxylic acids is 1. The number of hydrogen-bond donors (Lipinski definition) is 0. The Morgan fingerprint density at radius 2 is 2.00 bits per heavy atom. The molecule has 7 nitrogen and oxygen atoms in total. The summed E-state index contributed by atoms with van der Waals surface area (Å²) in [7, 11) is -2.96. The number of aromatic nitrogens is 1. The molecule has 1 unspecified atom stereocenters. The monoisotopic (exact) mass is 380 g/mol. The van der Waals surface area contributed by atoms with Gasteiger partial charge in [0.25, 0.3) is 5.91 Å². The van der Waals surface area contributed by atoms with Crippen molar-refractivity contribution in [2.24, 2.45) is 0 Å². The second-order valence-electron chi connectivity index (χ2n) is 6.97. The predicted molar refractivity (Wildman–Crippen MR) is 102 cm³/mol. The number of piperazine rings is 1. The van der Waals surface area contributed by atoms with E-state index in [4.69, 9.17) is 0 Å². The van der Waals surface area contributed by atoms with E-state index < -0.39 is 9.84 Å². The van der Waals surface area contributed by atoms with E-state index in [1.807, 2.05) is 22.8 Å². The van der Waals surface area contributed by atoms with Gasteiger partial charge in [-0.1, -0.05) is 6.92 Å². The van der Waals surface area contributed by atoms with Crippen LogP contribution < -0.4 is 4.90 Å². The Labute approximate surface area is 155 Å². The molecule has 2 aliphatic heterocycles. The normalized spacial score (nSPS) is 23.2. The van der Waals surface area contributed by atoms with Gasteiger partial charge in [0.05, 0.1) is 11.5 Å². The second-order valence-corrected chi connectivity index (χ2v) is 9.20. The van der Waals surface area contributed by atoms with E-state index in [2.05, 4.69) is 16.8 Å². The SMILES string of the molecule is CCN1CCN(C(=O)c2ccnc(N(CC)C3CCS(=O)(=O)C3)c2)CC1. The summed E-state index contributed by atoms with van der Waals surface area (Å²) in [6, 6.07) is 3.50. The number of likely N-dealkylation sites (N-methyl/N-ethyl adjacent to an activating group) is 1. The maximum absolute atomic E-state index is 12.8. The van der Waals surface area contributed by atoms with Gasteiger partial charge in [0.15, 0.2) is 9.84 Å². The van der Waals surface area contributed by atoms with Crippen molar-refractivity contribution in [1.82, 2.24) is 14.8 Å². The molecule has 3 rings (SSSR count). The first-order chi connectivity index (χ1) is 12.4. The lowest BCUT2D eigenvalue weighted by Crippen LogP contribution is -2.48. The lowest BCUT2D eigenvalue weighted by atomic mass is 10.1. The quantitative estimate of drug-likeness (QED) is 0.755. The second kappa shape index (κ2) is 7.92. The van der Waals surface area contributed by atoms with E-state index in [0.717, 1.165) is 32.7 Å². The molecule has 144 valence electrons. The fourth-order valence-electron chi connectivity index (χ4n) is 3.79. The van der Waals surface area contributed by atoms with Gasteiger partial charge in [-0.25, -0.2) is 13.4 Å². The van der Waals surface area contributed by atoms with Crippen LogP contribution in [0.4, 0.5) is 5.82 Å². The molecule has 1 amide bonds. The standard InChI is InChI=1S/C18H28N4O3S/c1-3-20-8-10-21(11-9-20)18(23)15-5-7-19-17(13-15)22(4-2)16-6-12-26(24,25)14-16/h5,7,13,16H,3-4,6,8-12,14H2,1-2H3. The molecule has 1 aromatic rings. The Kier molecular flexibility index (Phi) is 5.82. The van der Waals surface area contributed by atoms with Crippen LogP contribution in [0.15, 0.2) is 18.3 Å². The molecular formula is C18H28N4O3S. The molecule has 1 atom stereocenters. The third-order valence-electron chi connectivity index (χ3n) is 5.38. The van der Waals surface area contributed by atoms with E-state index in [0.29, 0.717) is 24.3 Å². The summed E-state index contributed by atoms with van der Waals surface area (Å²) in [6.07, 6.45) is 2.27. The van der Waals surface area contributed by atoms with Crippen LogP contribution >= 0.6 is 0 Å². The van der Waals surface area contributed by atoms with Crippen molar-refractivity contribution in [3.05, 3.63) is 23.9 Å². The van der Waals surface area contributed by atoms with Crippen molar-refractivity contribution in [2.75, 3.05) is 55.7 Å². The number of nitrogens with zero attached hydrogens (tertiary/aromatic N) is 4. The minimum atomic E-state index is -2.96. The Hall–Kier alpha value is -1.67. The van der Waals surface area contributed by atoms with Crippen LogP contribution in [0.25, 0.3) is 0 Å². The molecule has 2 fully saturated rings. The fourth-order valence-corrected chi connectivity index (χ4v) is 5.52. The summed E-state index contributed by atoms with van der Waals surface area (Å²) < 4.78 is 23.6. The summed E-state index contributed by atoms with van der Waals surface area (Å²) in [5.74, 6) is 1.11. The number of anilines is 1. The topological polar surface area (TPSA) is 73.8 Å². The van der Waals surface area contributed by atoms with Crippen molar-refractivity contribution in [3.8, 4) is 0 Å². The van der Waals surface area contributed by atoms with Crippen LogP contribution in [0, 0.1) is 0 Å². The molecule has 3 heterocycles. The Morgan fingerprint density at radius 3 is 2.58 bits per heavy atom. The molecular weight excluding hydrogens is 352 g/mol. The highest BCUT2D eigenvalue weighted by Crippen LogP contribution is 2.23. The van der Waals surface area contributed by atoms with Crippen LogP contribution in [0.2, 0.25) is 0 Å². The maximum atomic E-state index is 12.8. The Balaban J connectivity index is 1.74. The van der Waals surface area contributed by atoms with Gasteiger partial charge < -0.3 is 14.7 Å². The van der Waals surface area contributed by atoms with Gasteiger partial charge in [-0.2, -0.15) is 0 Å². The molecule has 2 saturated heterocycles. The molecule has 0 aliphatic carbocycles. The molecule has 0 saturated carbocycles. The first-order valence-corrected chi connectivity index (χ1v) is 11.2. The van der Waals surface area contributed by atoms with Gasteiger partial charge in [-0.15, -0.1) is 0 Å². The van der Waals surface area contributed by atoms with Crippen molar-refractivity contribution in [2.45, 2.75) is 26.3 Å². The molecule has 0 aromatic carbocycles. The number of carbonyl (C=O) groups is 1. The van der Waals surface area contributed by atoms with Gasteiger partial charge >= 0.3 is 0 Å². The van der Waals surface area contributed by atoms with E-state index in [1.54, 1.807) is 12.3 Å². The third-order valence-corrected chi connectivity index (χ3v) is 7.13. The van der Waals surface area contributed by atoms with Crippen molar-refractivity contribution < 1.29 is 13.2 Å². The fraction of sp³-hybridized carbons (Fsp3) is 0.667. The summed E-state index contributed by atoms with van der Waals surface area (Å²) >= 11 is 0. The van der Waals surface area contributed by atoms with Crippen LogP contribution in [-0.4, -0.2) is 85.9 Å². The van der Waals surface area contributed by atoms with E-state index in [1.165, 1.54) is 0 Å². The molecule has 8 heteroatoms. The number of hydrogen-bond acceptors (Lipinski definition) is 6. The van der Waals surface area contributed by atoms with Crippen molar-refractivity contribution >= 4 is 21.6 Å². The minimum absolute atomic E-state index is 0.0273. The number of sulfone groups is 1. The molecule has 0 bridgehead atoms. The Bertz CT molecular complexity index is 745.